The van der Waals surface area contributed by atoms with Gasteiger partial charge in [0.15, 0.2) is 0 Å². The zero-order valence-corrected chi connectivity index (χ0v) is 19.3. The summed E-state index contributed by atoms with van der Waals surface area (Å²) in [6.07, 6.45) is 1.60. The molecule has 3 saturated heterocycles. The van der Waals surface area contributed by atoms with Crippen molar-refractivity contribution in [1.29, 1.82) is 0 Å². The molecule has 4 heterocycles. The number of hydrogen-bond donors (Lipinski definition) is 1. The Morgan fingerprint density at radius 3 is 2.53 bits per heavy atom. The number of anilines is 2. The molecule has 4 aliphatic heterocycles. The summed E-state index contributed by atoms with van der Waals surface area (Å²) in [5, 5.41) is 3.95. The van der Waals surface area contributed by atoms with Crippen molar-refractivity contribution in [3.05, 3.63) is 56.5 Å². The van der Waals surface area contributed by atoms with Gasteiger partial charge in [-0.3, -0.25) is 19.3 Å². The number of benzene rings is 2. The fourth-order valence-corrected chi connectivity index (χ4v) is 6.89. The third-order valence-corrected chi connectivity index (χ3v) is 8.40. The van der Waals surface area contributed by atoms with E-state index in [1.165, 1.54) is 11.0 Å². The van der Waals surface area contributed by atoms with Gasteiger partial charge in [-0.2, -0.15) is 0 Å². The lowest BCUT2D eigenvalue weighted by Gasteiger charge is -2.36. The highest BCUT2D eigenvalue weighted by Crippen LogP contribution is 2.61. The molecule has 4 aliphatic rings. The highest BCUT2D eigenvalue weighted by molar-refractivity contribution is 6.42. The first-order valence-electron chi connectivity index (χ1n) is 10.5. The number of carbonyl (C=O) groups is 3. The summed E-state index contributed by atoms with van der Waals surface area (Å²) >= 11 is 18.7. The minimum Gasteiger partial charge on any atom is -0.323 e. The number of aryl methyl sites for hydroxylation is 1. The van der Waals surface area contributed by atoms with Crippen LogP contribution in [0.5, 0.6) is 0 Å². The van der Waals surface area contributed by atoms with Crippen molar-refractivity contribution in [1.82, 2.24) is 4.90 Å². The second-order valence-corrected chi connectivity index (χ2v) is 10.1. The predicted molar refractivity (Wildman–Crippen MR) is 122 cm³/mol. The van der Waals surface area contributed by atoms with Crippen LogP contribution in [-0.2, 0) is 19.9 Å². The van der Waals surface area contributed by atoms with Gasteiger partial charge in [-0.05, 0) is 56.1 Å². The number of imide groups is 1. The molecule has 3 fully saturated rings. The van der Waals surface area contributed by atoms with Crippen molar-refractivity contribution in [3.63, 3.8) is 0 Å². The quantitative estimate of drug-likeness (QED) is 0.602. The number of fused-ring (bicyclic) bond motifs is 7. The van der Waals surface area contributed by atoms with E-state index in [1.54, 1.807) is 18.2 Å². The lowest BCUT2D eigenvalue weighted by Crippen LogP contribution is -2.54. The second-order valence-electron chi connectivity index (χ2n) is 8.91. The van der Waals surface area contributed by atoms with Crippen molar-refractivity contribution in [2.45, 2.75) is 31.3 Å². The maximum Gasteiger partial charge on any atom is 0.250 e. The van der Waals surface area contributed by atoms with E-state index in [0.29, 0.717) is 33.5 Å². The van der Waals surface area contributed by atoms with E-state index in [9.17, 15) is 14.4 Å². The van der Waals surface area contributed by atoms with Crippen molar-refractivity contribution < 1.29 is 14.4 Å². The number of hydrogen-bond acceptors (Lipinski definition) is 4. The number of halogens is 3. The topological polar surface area (TPSA) is 69.7 Å². The summed E-state index contributed by atoms with van der Waals surface area (Å²) in [7, 11) is 0. The Labute approximate surface area is 199 Å². The summed E-state index contributed by atoms with van der Waals surface area (Å²) < 4.78 is 0. The fraction of sp³-hybridized carbons (Fsp3) is 0.348. The molecule has 2 aromatic carbocycles. The average Bonchev–Trinajstić information content (AvgIpc) is 3.44. The third kappa shape index (κ3) is 2.34. The van der Waals surface area contributed by atoms with Gasteiger partial charge in [0, 0.05) is 11.6 Å². The van der Waals surface area contributed by atoms with E-state index in [0.717, 1.165) is 18.4 Å². The van der Waals surface area contributed by atoms with Crippen LogP contribution in [0.2, 0.25) is 15.1 Å². The van der Waals surface area contributed by atoms with Gasteiger partial charge in [-0.15, -0.1) is 0 Å². The molecular weight excluding hydrogens is 473 g/mol. The Hall–Kier alpha value is -2.12. The molecule has 6 nitrogen and oxygen atoms in total. The Morgan fingerprint density at radius 1 is 1.00 bits per heavy atom. The molecule has 0 saturated carbocycles. The molecule has 4 unspecified atom stereocenters. The molecule has 0 radical (unpaired) electrons. The highest BCUT2D eigenvalue weighted by atomic mass is 35.5. The van der Waals surface area contributed by atoms with E-state index in [4.69, 9.17) is 34.8 Å². The third-order valence-electron chi connectivity index (χ3n) is 7.36. The van der Waals surface area contributed by atoms with Gasteiger partial charge in [0.2, 0.25) is 11.8 Å². The van der Waals surface area contributed by atoms with Crippen molar-refractivity contribution >= 4 is 63.9 Å². The Bertz CT molecular complexity index is 1250. The van der Waals surface area contributed by atoms with Crippen LogP contribution in [0.4, 0.5) is 11.4 Å². The zero-order valence-electron chi connectivity index (χ0n) is 17.0. The molecule has 0 aromatic heterocycles. The molecule has 0 bridgehead atoms. The summed E-state index contributed by atoms with van der Waals surface area (Å²) in [6, 6.07) is 8.19. The fourth-order valence-electron chi connectivity index (χ4n) is 6.27. The molecule has 3 amide bonds. The maximum atomic E-state index is 13.9. The van der Waals surface area contributed by atoms with Gasteiger partial charge in [-0.25, -0.2) is 4.90 Å². The smallest absolute Gasteiger partial charge is 0.250 e. The van der Waals surface area contributed by atoms with Gasteiger partial charge < -0.3 is 5.32 Å². The lowest BCUT2D eigenvalue weighted by molar-refractivity contribution is -0.135. The first-order valence-corrected chi connectivity index (χ1v) is 11.6. The number of carbonyl (C=O) groups excluding carboxylic acids is 3. The summed E-state index contributed by atoms with van der Waals surface area (Å²) in [5.74, 6) is -2.44. The van der Waals surface area contributed by atoms with Gasteiger partial charge >= 0.3 is 0 Å². The lowest BCUT2D eigenvalue weighted by atomic mass is 9.75. The van der Waals surface area contributed by atoms with E-state index < -0.39 is 23.3 Å². The van der Waals surface area contributed by atoms with Crippen LogP contribution in [0.1, 0.15) is 24.0 Å². The first-order chi connectivity index (χ1) is 15.3. The summed E-state index contributed by atoms with van der Waals surface area (Å²) in [4.78, 5) is 44.5. The number of nitrogens with zero attached hydrogens (tertiary/aromatic N) is 2. The predicted octanol–water partition coefficient (Wildman–Crippen LogP) is 4.39. The molecule has 1 N–H and O–H groups in total. The summed E-state index contributed by atoms with van der Waals surface area (Å²) in [5.41, 5.74) is 1.21. The van der Waals surface area contributed by atoms with Crippen LogP contribution >= 0.6 is 34.8 Å². The SMILES string of the molecule is Cc1cc(Cl)c2c(c1)C1(C(=O)N2)C2C(=O)N(c3ccc(Cl)c(Cl)c3)C(=O)C2C2CCCN21. The zero-order chi connectivity index (χ0) is 22.5. The van der Waals surface area contributed by atoms with Crippen LogP contribution < -0.4 is 10.2 Å². The Balaban J connectivity index is 1.57. The highest BCUT2D eigenvalue weighted by Gasteiger charge is 2.74. The number of rotatable bonds is 1. The molecular formula is C23H18Cl3N3O3. The van der Waals surface area contributed by atoms with Crippen LogP contribution in [-0.4, -0.2) is 35.2 Å². The van der Waals surface area contributed by atoms with Gasteiger partial charge in [-0.1, -0.05) is 40.9 Å². The first kappa shape index (κ1) is 20.5. The maximum absolute atomic E-state index is 13.9. The monoisotopic (exact) mass is 489 g/mol. The molecule has 4 atom stereocenters. The van der Waals surface area contributed by atoms with E-state index in [-0.39, 0.29) is 22.9 Å². The molecule has 9 heteroatoms. The van der Waals surface area contributed by atoms with Crippen LogP contribution in [0, 0.1) is 18.8 Å². The number of amides is 3. The van der Waals surface area contributed by atoms with Gasteiger partial charge in [0.25, 0.3) is 5.91 Å². The van der Waals surface area contributed by atoms with Crippen molar-refractivity contribution in [3.8, 4) is 0 Å². The molecule has 6 rings (SSSR count). The number of nitrogens with one attached hydrogen (secondary N) is 1. The minimum atomic E-state index is -1.26. The van der Waals surface area contributed by atoms with Crippen molar-refractivity contribution in [2.75, 3.05) is 16.8 Å². The minimum absolute atomic E-state index is 0.194. The average molecular weight is 491 g/mol. The standard InChI is InChI=1S/C23H18Cl3N3O3/c1-10-7-12-19(15(26)8-10)27-22(32)23(12)18-17(16-3-2-6-28(16)23)20(30)29(21(18)31)11-4-5-13(24)14(25)9-11/h4-5,7-9,16-18H,2-3,6H2,1H3,(H,27,32). The molecule has 32 heavy (non-hydrogen) atoms. The largest absolute Gasteiger partial charge is 0.323 e. The van der Waals surface area contributed by atoms with Crippen molar-refractivity contribution in [2.24, 2.45) is 11.8 Å². The Morgan fingerprint density at radius 2 is 1.78 bits per heavy atom. The van der Waals surface area contributed by atoms with E-state index >= 15 is 0 Å². The van der Waals surface area contributed by atoms with Crippen LogP contribution in [0.3, 0.4) is 0 Å². The summed E-state index contributed by atoms with van der Waals surface area (Å²) in [6.45, 7) is 2.55. The van der Waals surface area contributed by atoms with Gasteiger partial charge in [0.1, 0.15) is 5.54 Å². The molecule has 164 valence electrons. The molecule has 2 aromatic rings. The van der Waals surface area contributed by atoms with E-state index in [1.807, 2.05) is 13.0 Å². The second kappa shape index (κ2) is 6.70. The Kier molecular flexibility index (Phi) is 4.29. The van der Waals surface area contributed by atoms with Gasteiger partial charge in [0.05, 0.1) is 38.3 Å². The van der Waals surface area contributed by atoms with E-state index in [2.05, 4.69) is 10.2 Å². The molecule has 1 spiro atoms. The van der Waals surface area contributed by atoms with Crippen LogP contribution in [0.25, 0.3) is 0 Å². The normalized spacial score (nSPS) is 30.8. The molecule has 0 aliphatic carbocycles. The van der Waals surface area contributed by atoms with Crippen LogP contribution in [0.15, 0.2) is 30.3 Å².